The molecular weight excluding hydrogens is 432 g/mol. The number of aromatic nitrogens is 2. The van der Waals surface area contributed by atoms with Gasteiger partial charge in [-0.25, -0.2) is 4.52 Å². The highest BCUT2D eigenvalue weighted by Crippen LogP contribution is 2.21. The Morgan fingerprint density at radius 3 is 2.85 bits per heavy atom. The second kappa shape index (κ2) is 11.0. The molecule has 2 saturated heterocycles. The molecule has 0 spiro atoms. The van der Waals surface area contributed by atoms with Crippen LogP contribution in [0.15, 0.2) is 54.9 Å². The minimum Gasteiger partial charge on any atom is -0.492 e. The maximum absolute atomic E-state index is 13.4. The van der Waals surface area contributed by atoms with Gasteiger partial charge in [0, 0.05) is 56.6 Å². The van der Waals surface area contributed by atoms with E-state index in [0.29, 0.717) is 38.5 Å². The lowest BCUT2D eigenvalue weighted by molar-refractivity contribution is 0.0322. The van der Waals surface area contributed by atoms with Gasteiger partial charge < -0.3 is 19.1 Å². The fraction of sp³-hybridized carbons (Fsp3) is 0.462. The number of pyridine rings is 1. The van der Waals surface area contributed by atoms with Crippen LogP contribution in [-0.4, -0.2) is 91.1 Å². The first-order valence-corrected chi connectivity index (χ1v) is 12.1. The van der Waals surface area contributed by atoms with Crippen LogP contribution in [0.2, 0.25) is 0 Å². The molecule has 1 amide bonds. The minimum atomic E-state index is 0.0247. The molecule has 5 rings (SSSR count). The molecule has 0 radical (unpaired) electrons. The van der Waals surface area contributed by atoms with Gasteiger partial charge in [-0.1, -0.05) is 12.1 Å². The molecule has 8 heteroatoms. The lowest BCUT2D eigenvalue weighted by Gasteiger charge is -2.26. The van der Waals surface area contributed by atoms with Gasteiger partial charge in [0.05, 0.1) is 31.9 Å². The molecule has 34 heavy (non-hydrogen) atoms. The van der Waals surface area contributed by atoms with Crippen LogP contribution < -0.4 is 4.74 Å². The smallest absolute Gasteiger partial charge is 0.254 e. The zero-order valence-electron chi connectivity index (χ0n) is 19.5. The summed E-state index contributed by atoms with van der Waals surface area (Å²) in [5, 5.41) is 4.33. The number of carbonyl (C=O) groups is 1. The Labute approximate surface area is 200 Å². The fourth-order valence-corrected chi connectivity index (χ4v) is 4.70. The number of fused-ring (bicyclic) bond motifs is 1. The third-order valence-electron chi connectivity index (χ3n) is 6.52. The Morgan fingerprint density at radius 2 is 1.94 bits per heavy atom. The fourth-order valence-electron chi connectivity index (χ4n) is 4.70. The molecule has 1 atom stereocenters. The van der Waals surface area contributed by atoms with E-state index >= 15 is 0 Å². The number of benzene rings is 1. The summed E-state index contributed by atoms with van der Waals surface area (Å²) < 4.78 is 19.1. The van der Waals surface area contributed by atoms with Crippen LogP contribution in [0.5, 0.6) is 5.75 Å². The predicted molar refractivity (Wildman–Crippen MR) is 128 cm³/mol. The molecule has 0 bridgehead atoms. The topological polar surface area (TPSA) is 68.5 Å². The lowest BCUT2D eigenvalue weighted by atomic mass is 9.99. The summed E-state index contributed by atoms with van der Waals surface area (Å²) in [5.41, 5.74) is 2.98. The lowest BCUT2D eigenvalue weighted by Crippen LogP contribution is -2.38. The predicted octanol–water partition coefficient (Wildman–Crippen LogP) is 2.38. The summed E-state index contributed by atoms with van der Waals surface area (Å²) >= 11 is 0. The van der Waals surface area contributed by atoms with Gasteiger partial charge in [0.15, 0.2) is 0 Å². The SMILES string of the molecule is O=C(c1cccc(OCCN2CCOCC2)c1)N1CCOC[C@H](Cc2cccn3nccc23)C1. The van der Waals surface area contributed by atoms with Crippen LogP contribution in [0.3, 0.4) is 0 Å². The molecular formula is C26H32N4O4. The molecule has 4 heterocycles. The van der Waals surface area contributed by atoms with E-state index in [-0.39, 0.29) is 11.8 Å². The second-order valence-corrected chi connectivity index (χ2v) is 8.92. The first-order chi connectivity index (χ1) is 16.8. The van der Waals surface area contributed by atoms with Crippen molar-refractivity contribution < 1.29 is 19.0 Å². The van der Waals surface area contributed by atoms with E-state index in [4.69, 9.17) is 14.2 Å². The van der Waals surface area contributed by atoms with E-state index in [1.54, 1.807) is 0 Å². The quantitative estimate of drug-likeness (QED) is 0.535. The van der Waals surface area contributed by atoms with Gasteiger partial charge in [-0.15, -0.1) is 0 Å². The molecule has 2 aliphatic heterocycles. The van der Waals surface area contributed by atoms with Crippen molar-refractivity contribution in [3.05, 3.63) is 66.0 Å². The molecule has 0 aliphatic carbocycles. The van der Waals surface area contributed by atoms with Crippen molar-refractivity contribution in [3.63, 3.8) is 0 Å². The van der Waals surface area contributed by atoms with E-state index in [2.05, 4.69) is 16.1 Å². The van der Waals surface area contributed by atoms with Crippen molar-refractivity contribution in [2.45, 2.75) is 6.42 Å². The van der Waals surface area contributed by atoms with Crippen molar-refractivity contribution in [2.24, 2.45) is 5.92 Å². The van der Waals surface area contributed by atoms with Gasteiger partial charge in [0.25, 0.3) is 5.91 Å². The van der Waals surface area contributed by atoms with Gasteiger partial charge >= 0.3 is 0 Å². The zero-order chi connectivity index (χ0) is 23.2. The van der Waals surface area contributed by atoms with E-state index in [9.17, 15) is 4.79 Å². The molecule has 2 aromatic heterocycles. The summed E-state index contributed by atoms with van der Waals surface area (Å²) in [7, 11) is 0. The van der Waals surface area contributed by atoms with Crippen molar-refractivity contribution in [3.8, 4) is 5.75 Å². The molecule has 3 aromatic rings. The van der Waals surface area contributed by atoms with Crippen LogP contribution in [0.1, 0.15) is 15.9 Å². The van der Waals surface area contributed by atoms with E-state index in [1.807, 2.05) is 58.2 Å². The Kier molecular flexibility index (Phi) is 7.38. The summed E-state index contributed by atoms with van der Waals surface area (Å²) in [4.78, 5) is 17.6. The number of morpholine rings is 1. The van der Waals surface area contributed by atoms with Crippen molar-refractivity contribution in [2.75, 3.05) is 65.8 Å². The maximum atomic E-state index is 13.4. The maximum Gasteiger partial charge on any atom is 0.254 e. The molecule has 180 valence electrons. The monoisotopic (exact) mass is 464 g/mol. The van der Waals surface area contributed by atoms with Crippen molar-refractivity contribution in [1.82, 2.24) is 19.4 Å². The highest BCUT2D eigenvalue weighted by atomic mass is 16.5. The van der Waals surface area contributed by atoms with E-state index < -0.39 is 0 Å². The average molecular weight is 465 g/mol. The number of carbonyl (C=O) groups excluding carboxylic acids is 1. The first kappa shape index (κ1) is 22.8. The number of nitrogens with zero attached hydrogens (tertiary/aromatic N) is 4. The largest absolute Gasteiger partial charge is 0.492 e. The van der Waals surface area contributed by atoms with Crippen LogP contribution in [0, 0.1) is 5.92 Å². The van der Waals surface area contributed by atoms with E-state index in [0.717, 1.165) is 50.5 Å². The van der Waals surface area contributed by atoms with Crippen LogP contribution in [0.4, 0.5) is 0 Å². The summed E-state index contributed by atoms with van der Waals surface area (Å²) in [5.74, 6) is 0.978. The molecule has 2 aliphatic rings. The van der Waals surface area contributed by atoms with Crippen LogP contribution in [0.25, 0.3) is 5.52 Å². The number of rotatable bonds is 7. The molecule has 2 fully saturated rings. The Morgan fingerprint density at radius 1 is 1.06 bits per heavy atom. The summed E-state index contributed by atoms with van der Waals surface area (Å²) in [6.45, 7) is 7.34. The minimum absolute atomic E-state index is 0.0247. The van der Waals surface area contributed by atoms with E-state index in [1.165, 1.54) is 5.56 Å². The Hall–Kier alpha value is -2.94. The van der Waals surface area contributed by atoms with Gasteiger partial charge in [0.2, 0.25) is 0 Å². The number of ether oxygens (including phenoxy) is 3. The molecule has 0 N–H and O–H groups in total. The number of amides is 1. The highest BCUT2D eigenvalue weighted by Gasteiger charge is 2.24. The third-order valence-corrected chi connectivity index (χ3v) is 6.52. The third kappa shape index (κ3) is 5.58. The van der Waals surface area contributed by atoms with Crippen molar-refractivity contribution >= 4 is 11.4 Å². The second-order valence-electron chi connectivity index (χ2n) is 8.92. The molecule has 0 unspecified atom stereocenters. The van der Waals surface area contributed by atoms with Gasteiger partial charge in [-0.3, -0.25) is 9.69 Å². The summed E-state index contributed by atoms with van der Waals surface area (Å²) in [6.07, 6.45) is 4.60. The van der Waals surface area contributed by atoms with Crippen molar-refractivity contribution in [1.29, 1.82) is 0 Å². The summed E-state index contributed by atoms with van der Waals surface area (Å²) in [6, 6.07) is 13.7. The molecule has 1 aromatic carbocycles. The average Bonchev–Trinajstić information content (AvgIpc) is 3.24. The normalized spacial score (nSPS) is 19.8. The molecule has 8 nitrogen and oxygen atoms in total. The number of hydrogen-bond donors (Lipinski definition) is 0. The molecule has 0 saturated carbocycles. The zero-order valence-corrected chi connectivity index (χ0v) is 19.5. The Balaban J connectivity index is 1.21. The van der Waals surface area contributed by atoms with Gasteiger partial charge in [-0.05, 0) is 42.3 Å². The van der Waals surface area contributed by atoms with Crippen LogP contribution >= 0.6 is 0 Å². The van der Waals surface area contributed by atoms with Gasteiger partial charge in [-0.2, -0.15) is 5.10 Å². The highest BCUT2D eigenvalue weighted by molar-refractivity contribution is 5.94. The van der Waals surface area contributed by atoms with Crippen LogP contribution in [-0.2, 0) is 15.9 Å². The standard InChI is InChI=1S/C26H32N4O4/c31-26(23-3-1-5-24(18-23)34-16-11-28-9-13-32-14-10-28)29-12-15-33-20-21(19-29)17-22-4-2-8-30-25(22)6-7-27-30/h1-8,18,21H,9-17,19-20H2/t21-/m1/s1. The number of hydrogen-bond acceptors (Lipinski definition) is 6. The Bertz CT molecular complexity index is 1100. The first-order valence-electron chi connectivity index (χ1n) is 12.1. The van der Waals surface area contributed by atoms with Gasteiger partial charge in [0.1, 0.15) is 12.4 Å².